The van der Waals surface area contributed by atoms with Gasteiger partial charge in [-0.1, -0.05) is 37.3 Å². The number of benzene rings is 1. The van der Waals surface area contributed by atoms with Crippen LogP contribution in [0, 0.1) is 0 Å². The molecule has 0 unspecified atom stereocenters. The fourth-order valence-electron chi connectivity index (χ4n) is 1.66. The zero-order valence-corrected chi connectivity index (χ0v) is 25.6. The normalized spacial score (nSPS) is 9.27. The van der Waals surface area contributed by atoms with E-state index in [9.17, 15) is 14.4 Å². The van der Waals surface area contributed by atoms with Gasteiger partial charge in [-0.15, -0.1) is 12.2 Å². The maximum Gasteiger partial charge on any atom is 1.00 e. The van der Waals surface area contributed by atoms with Crippen LogP contribution in [-0.4, -0.2) is 44.1 Å². The minimum absolute atomic E-state index is 0. The van der Waals surface area contributed by atoms with Crippen LogP contribution < -0.4 is 116 Å². The number of esters is 1. The Morgan fingerprint density at radius 3 is 2.31 bits per heavy atom. The van der Waals surface area contributed by atoms with E-state index in [1.807, 2.05) is 6.07 Å². The van der Waals surface area contributed by atoms with Gasteiger partial charge < -0.3 is 29.7 Å². The number of nitrogens with zero attached hydrogens (tertiary/aromatic N) is 2. The van der Waals surface area contributed by atoms with Crippen LogP contribution in [0.1, 0.15) is 26.2 Å². The molecule has 132 valence electrons. The van der Waals surface area contributed by atoms with Gasteiger partial charge in [0.1, 0.15) is 0 Å². The summed E-state index contributed by atoms with van der Waals surface area (Å²) in [5, 5.41) is 7.54. The smallest absolute Gasteiger partial charge is 0.651 e. The molecule has 0 aromatic heterocycles. The number of carbonyl (C=O) groups excluding carboxylic acids is 3. The molecule has 1 aromatic rings. The second-order valence-corrected chi connectivity index (χ2v) is 4.83. The molecule has 0 aliphatic rings. The quantitative estimate of drug-likeness (QED) is 0.180. The minimum atomic E-state index is -0.520. The Morgan fingerprint density at radius 1 is 0.962 bits per heavy atom. The van der Waals surface area contributed by atoms with Gasteiger partial charge in [0.15, 0.2) is 0 Å². The van der Waals surface area contributed by atoms with Gasteiger partial charge in [0, 0.05) is 32.5 Å². The van der Waals surface area contributed by atoms with Gasteiger partial charge in [-0.05, 0) is 0 Å². The first-order valence-electron chi connectivity index (χ1n) is 7.85. The molecule has 0 saturated heterocycles. The van der Waals surface area contributed by atoms with E-state index < -0.39 is 11.8 Å². The molecular formula is C17H22N2O5Rb2. The first kappa shape index (κ1) is 29.4. The van der Waals surface area contributed by atoms with Gasteiger partial charge in [0.2, 0.25) is 0 Å². The number of hydrogen-bond acceptors (Lipinski definition) is 5. The Bertz CT molecular complexity index is 529. The summed E-state index contributed by atoms with van der Waals surface area (Å²) in [5.41, 5.74) is 0.516. The van der Waals surface area contributed by atoms with Crippen LogP contribution in [0.5, 0.6) is 0 Å². The van der Waals surface area contributed by atoms with Crippen LogP contribution in [-0.2, 0) is 23.9 Å². The van der Waals surface area contributed by atoms with Crippen molar-refractivity contribution in [3.8, 4) is 0 Å². The van der Waals surface area contributed by atoms with Gasteiger partial charge in [0.25, 0.3) is 0 Å². The zero-order valence-electron chi connectivity index (χ0n) is 15.8. The Morgan fingerprint density at radius 2 is 1.65 bits per heavy atom. The van der Waals surface area contributed by atoms with Gasteiger partial charge in [-0.25, -0.2) is 0 Å². The summed E-state index contributed by atoms with van der Waals surface area (Å²) >= 11 is 0. The molecule has 2 amide bonds. The molecule has 0 radical (unpaired) electrons. The van der Waals surface area contributed by atoms with Crippen molar-refractivity contribution in [3.05, 3.63) is 41.0 Å². The predicted molar refractivity (Wildman–Crippen MR) is 89.0 cm³/mol. The van der Waals surface area contributed by atoms with E-state index in [0.29, 0.717) is 31.7 Å². The van der Waals surface area contributed by atoms with Gasteiger partial charge in [0.05, 0.1) is 18.4 Å². The minimum Gasteiger partial charge on any atom is -0.651 e. The molecule has 0 spiro atoms. The van der Waals surface area contributed by atoms with Crippen molar-refractivity contribution in [1.82, 2.24) is 0 Å². The first-order valence-corrected chi connectivity index (χ1v) is 7.85. The molecule has 0 bridgehead atoms. The van der Waals surface area contributed by atoms with Crippen LogP contribution in [0.2, 0.25) is 0 Å². The second kappa shape index (κ2) is 19.5. The Kier molecular flexibility index (Phi) is 22.1. The van der Waals surface area contributed by atoms with Crippen molar-refractivity contribution in [2.24, 2.45) is 0 Å². The average Bonchev–Trinajstić information content (AvgIpc) is 2.57. The van der Waals surface area contributed by atoms with E-state index in [4.69, 9.17) is 9.47 Å². The number of hydrogen-bond donors (Lipinski definition) is 0. The van der Waals surface area contributed by atoms with Crippen LogP contribution in [0.15, 0.2) is 30.3 Å². The van der Waals surface area contributed by atoms with Crippen molar-refractivity contribution < 1.29 is 140 Å². The number of para-hydroxylation sites is 1. The molecule has 0 fully saturated rings. The summed E-state index contributed by atoms with van der Waals surface area (Å²) in [6.45, 7) is 2.93. The van der Waals surface area contributed by atoms with E-state index in [-0.39, 0.29) is 142 Å². The van der Waals surface area contributed by atoms with Crippen LogP contribution in [0.25, 0.3) is 10.6 Å². The van der Waals surface area contributed by atoms with Crippen molar-refractivity contribution in [3.63, 3.8) is 0 Å². The Labute approximate surface area is 252 Å². The predicted octanol–water partition coefficient (Wildman–Crippen LogP) is -3.12. The van der Waals surface area contributed by atoms with Crippen molar-refractivity contribution in [2.45, 2.75) is 26.2 Å². The Hall–Kier alpha value is 1.20. The summed E-state index contributed by atoms with van der Waals surface area (Å²) in [7, 11) is 0. The molecule has 0 N–H and O–H groups in total. The summed E-state index contributed by atoms with van der Waals surface area (Å²) in [5.74, 6) is -1.27. The van der Waals surface area contributed by atoms with Crippen molar-refractivity contribution in [2.75, 3.05) is 26.4 Å². The number of amides is 2. The fraction of sp³-hybridized carbons (Fsp3) is 0.471. The van der Waals surface area contributed by atoms with Crippen LogP contribution in [0.4, 0.5) is 5.69 Å². The molecule has 0 atom stereocenters. The molecule has 7 nitrogen and oxygen atoms in total. The SMILES string of the molecule is CCC(=O)OCCCOCC[N-]C(=O)CC(=O)[N-]c1ccccc1.[Rb+].[Rb+]. The number of rotatable bonds is 11. The summed E-state index contributed by atoms with van der Waals surface area (Å²) in [4.78, 5) is 34.0. The van der Waals surface area contributed by atoms with E-state index >= 15 is 0 Å². The molecule has 1 aromatic carbocycles. The third-order valence-electron chi connectivity index (χ3n) is 2.82. The standard InChI is InChI=1S/C17H24N2O5.2Rb/c1-2-17(22)24-11-6-10-23-12-9-18-15(20)13-16(21)19-14-7-4-3-5-8-14;;/h3-5,7-8H,2,6,9-13H2,1H3,(H2,18,19,20,21);;/q;2*+1/p-2. The monoisotopic (exact) mass is 504 g/mol. The molecule has 0 heterocycles. The number of carbonyl (C=O) groups is 3. The van der Waals surface area contributed by atoms with E-state index in [2.05, 4.69) is 10.6 Å². The molecule has 1 rings (SSSR count). The molecule has 0 aliphatic heterocycles. The molecular weight excluding hydrogens is 483 g/mol. The number of ether oxygens (including phenoxy) is 2. The maximum atomic E-state index is 11.6. The van der Waals surface area contributed by atoms with E-state index in [1.165, 1.54) is 0 Å². The topological polar surface area (TPSA) is 97.9 Å². The van der Waals surface area contributed by atoms with Crippen molar-refractivity contribution in [1.29, 1.82) is 0 Å². The molecule has 0 aliphatic carbocycles. The molecule has 9 heteroatoms. The maximum absolute atomic E-state index is 11.6. The Balaban J connectivity index is 0. The van der Waals surface area contributed by atoms with Gasteiger partial charge in [-0.3, -0.25) is 4.79 Å². The average molecular weight is 505 g/mol. The molecule has 0 saturated carbocycles. The van der Waals surface area contributed by atoms with Crippen LogP contribution >= 0.6 is 0 Å². The van der Waals surface area contributed by atoms with Crippen LogP contribution in [0.3, 0.4) is 0 Å². The van der Waals surface area contributed by atoms with Crippen molar-refractivity contribution >= 4 is 23.5 Å². The first-order chi connectivity index (χ1) is 11.6. The van der Waals surface area contributed by atoms with E-state index in [0.717, 1.165) is 0 Å². The van der Waals surface area contributed by atoms with Gasteiger partial charge in [-0.2, -0.15) is 0 Å². The molecule has 26 heavy (non-hydrogen) atoms. The zero-order chi connectivity index (χ0) is 17.6. The van der Waals surface area contributed by atoms with Gasteiger partial charge >= 0.3 is 122 Å². The third-order valence-corrected chi connectivity index (χ3v) is 2.82. The summed E-state index contributed by atoms with van der Waals surface area (Å²) < 4.78 is 10.1. The summed E-state index contributed by atoms with van der Waals surface area (Å²) in [6.07, 6.45) is 0.604. The fourth-order valence-corrected chi connectivity index (χ4v) is 1.66. The van der Waals surface area contributed by atoms with E-state index in [1.54, 1.807) is 31.2 Å². The summed E-state index contributed by atoms with van der Waals surface area (Å²) in [6, 6.07) is 8.71. The second-order valence-electron chi connectivity index (χ2n) is 4.83. The largest absolute Gasteiger partial charge is 1.00 e. The third kappa shape index (κ3) is 16.2.